The third-order valence-corrected chi connectivity index (χ3v) is 4.35. The third kappa shape index (κ3) is 1.84. The van der Waals surface area contributed by atoms with E-state index in [4.69, 9.17) is 0 Å². The first-order valence-electron chi connectivity index (χ1n) is 6.32. The van der Waals surface area contributed by atoms with E-state index in [1.165, 1.54) is 0 Å². The van der Waals surface area contributed by atoms with Gasteiger partial charge in [-0.05, 0) is 4.58 Å². The molecule has 0 aromatic carbocycles. The Kier molecular flexibility index (Phi) is 4.08. The fourth-order valence-electron chi connectivity index (χ4n) is 2.84. The number of hydrogen-bond donors (Lipinski definition) is 0. The smallest absolute Gasteiger partial charge is 0.225 e. The van der Waals surface area contributed by atoms with Crippen molar-refractivity contribution in [1.82, 2.24) is 0 Å². The molecule has 1 saturated carbocycles. The zero-order valence-corrected chi connectivity index (χ0v) is 12.3. The average Bonchev–Trinajstić information content (AvgIpc) is 2.48. The van der Waals surface area contributed by atoms with Crippen molar-refractivity contribution in [1.29, 1.82) is 0 Å². The second-order valence-electron chi connectivity index (χ2n) is 5.82. The molecule has 0 saturated heterocycles. The topological polar surface area (TPSA) is 3.01 Å². The molecule has 0 aromatic heterocycles. The Balaban J connectivity index is 3.27. The minimum absolute atomic E-state index is 3.96. The van der Waals surface area contributed by atoms with Crippen LogP contribution in [0.4, 0.5) is 79.0 Å². The Morgan fingerprint density at radius 1 is 0.517 bits per heavy atom. The Labute approximate surface area is 144 Å². The quantitative estimate of drug-likeness (QED) is 0.260. The Bertz CT molecular complexity index is 774. The van der Waals surface area contributed by atoms with Crippen LogP contribution in [0.25, 0.3) is 0 Å². The van der Waals surface area contributed by atoms with Gasteiger partial charge in [0.15, 0.2) is 0 Å². The van der Waals surface area contributed by atoms with Crippen molar-refractivity contribution >= 4 is 5.97 Å². The van der Waals surface area contributed by atoms with Crippen molar-refractivity contribution in [3.63, 3.8) is 0 Å². The first-order valence-corrected chi connectivity index (χ1v) is 6.32. The van der Waals surface area contributed by atoms with Gasteiger partial charge in [-0.15, -0.1) is 26.3 Å². The molecule has 0 radical (unpaired) electrons. The van der Waals surface area contributed by atoms with E-state index in [1.807, 2.05) is 0 Å². The van der Waals surface area contributed by atoms with Gasteiger partial charge in [0.1, 0.15) is 0 Å². The fourth-order valence-corrected chi connectivity index (χ4v) is 2.84. The van der Waals surface area contributed by atoms with Crippen molar-refractivity contribution in [2.75, 3.05) is 0 Å². The summed E-state index contributed by atoms with van der Waals surface area (Å²) in [5, 5.41) is 0. The largest absolute Gasteiger partial charge is 0.640 e. The predicted octanol–water partition coefficient (Wildman–Crippen LogP) is 5.10. The highest BCUT2D eigenvalue weighted by molar-refractivity contribution is 5.86. The molecule has 0 amide bonds. The van der Waals surface area contributed by atoms with Crippen LogP contribution in [0.15, 0.2) is 0 Å². The van der Waals surface area contributed by atoms with Crippen LogP contribution >= 0.6 is 0 Å². The van der Waals surface area contributed by atoms with Crippen LogP contribution in [0.1, 0.15) is 0 Å². The Hall–Kier alpha value is -1.59. The standard InChI is InChI=1S/C10F18N/c11-1-2(12)3(13,6(18,19)9(24,25)29(1)10(26,27)28)5(16,17)8(22,23)7(20,21)4(2,14)15/q+1. The molecule has 0 bridgehead atoms. The van der Waals surface area contributed by atoms with Crippen LogP contribution in [-0.4, -0.2) is 63.8 Å². The Morgan fingerprint density at radius 2 is 0.862 bits per heavy atom. The lowest BCUT2D eigenvalue weighted by atomic mass is 9.61. The number of hydrogen-bond acceptors (Lipinski definition) is 0. The molecule has 19 heteroatoms. The van der Waals surface area contributed by atoms with Crippen molar-refractivity contribution < 1.29 is 83.6 Å². The molecule has 0 N–H and O–H groups in total. The molecule has 2 unspecified atom stereocenters. The van der Waals surface area contributed by atoms with E-state index in [2.05, 4.69) is 0 Å². The van der Waals surface area contributed by atoms with E-state index in [-0.39, 0.29) is 0 Å². The summed E-state index contributed by atoms with van der Waals surface area (Å²) in [7, 11) is 0. The van der Waals surface area contributed by atoms with Gasteiger partial charge in [-0.1, -0.05) is 0 Å². The second-order valence-corrected chi connectivity index (χ2v) is 5.82. The number of fused-ring (bicyclic) bond motifs is 1. The van der Waals surface area contributed by atoms with Crippen molar-refractivity contribution in [3.05, 3.63) is 0 Å². The lowest BCUT2D eigenvalue weighted by molar-refractivity contribution is -0.835. The molecule has 1 heterocycles. The van der Waals surface area contributed by atoms with Crippen molar-refractivity contribution in [3.8, 4) is 0 Å². The summed E-state index contributed by atoms with van der Waals surface area (Å²) in [4.78, 5) is 0. The molecule has 0 aromatic rings. The van der Waals surface area contributed by atoms with Crippen LogP contribution in [0, 0.1) is 0 Å². The molecule has 2 aliphatic rings. The highest BCUT2D eigenvalue weighted by Crippen LogP contribution is 2.75. The molecular formula is C10F18N+. The van der Waals surface area contributed by atoms with E-state index >= 15 is 0 Å². The van der Waals surface area contributed by atoms with Gasteiger partial charge in [0, 0.05) is 0 Å². The fraction of sp³-hybridized carbons (Fsp3) is 0.900. The predicted molar refractivity (Wildman–Crippen MR) is 49.8 cm³/mol. The maximum Gasteiger partial charge on any atom is 0.640 e. The maximum atomic E-state index is 14.3. The lowest BCUT2D eigenvalue weighted by Gasteiger charge is -2.56. The highest BCUT2D eigenvalue weighted by Gasteiger charge is 3.11. The van der Waals surface area contributed by atoms with Gasteiger partial charge in [-0.2, -0.15) is 43.9 Å². The number of halogens is 18. The molecule has 1 aliphatic carbocycles. The summed E-state index contributed by atoms with van der Waals surface area (Å²) in [6.45, 7) is 0. The molecule has 1 nitrogen and oxygen atoms in total. The van der Waals surface area contributed by atoms with Crippen LogP contribution in [0.2, 0.25) is 0 Å². The molecule has 170 valence electrons. The van der Waals surface area contributed by atoms with E-state index in [0.29, 0.717) is 0 Å². The summed E-state index contributed by atoms with van der Waals surface area (Å²) in [5.41, 5.74) is -16.4. The molecule has 2 atom stereocenters. The monoisotopic (exact) mass is 476 g/mol. The van der Waals surface area contributed by atoms with Crippen LogP contribution in [0.3, 0.4) is 0 Å². The highest BCUT2D eigenvalue weighted by atomic mass is 19.4. The third-order valence-electron chi connectivity index (χ3n) is 4.35. The van der Waals surface area contributed by atoms with Gasteiger partial charge in [-0.3, -0.25) is 0 Å². The lowest BCUT2D eigenvalue weighted by Crippen LogP contribution is -2.94. The zero-order valence-electron chi connectivity index (χ0n) is 12.3. The van der Waals surface area contributed by atoms with Crippen molar-refractivity contribution in [2.24, 2.45) is 0 Å². The normalized spacial score (nSPS) is 39.1. The summed E-state index contributed by atoms with van der Waals surface area (Å²) in [5.74, 6) is -46.3. The Morgan fingerprint density at radius 3 is 1.21 bits per heavy atom. The summed E-state index contributed by atoms with van der Waals surface area (Å²) in [6.07, 6.45) is -7.45. The van der Waals surface area contributed by atoms with E-state index in [9.17, 15) is 79.0 Å². The number of rotatable bonds is 0. The molecule has 29 heavy (non-hydrogen) atoms. The van der Waals surface area contributed by atoms with Crippen molar-refractivity contribution in [2.45, 2.75) is 53.3 Å². The SMILES string of the molecule is FC1=[N+](C(F)(F)F)C(F)(F)C(F)(F)C2(F)C(F)(F)C(F)(F)C(F)(F)C(F)(F)C12F. The second kappa shape index (κ2) is 5.00. The first-order chi connectivity index (χ1) is 12.3. The summed E-state index contributed by atoms with van der Waals surface area (Å²) in [6, 6.07) is -7.80. The number of nitrogens with zero attached hydrogens (tertiary/aromatic N) is 1. The van der Waals surface area contributed by atoms with E-state index in [1.54, 1.807) is 0 Å². The minimum atomic E-state index is -8.34. The van der Waals surface area contributed by atoms with E-state index < -0.39 is 63.8 Å². The molecular weight excluding hydrogens is 476 g/mol. The molecule has 1 aliphatic heterocycles. The maximum absolute atomic E-state index is 14.3. The average molecular weight is 476 g/mol. The van der Waals surface area contributed by atoms with Gasteiger partial charge < -0.3 is 0 Å². The van der Waals surface area contributed by atoms with Crippen LogP contribution in [0.5, 0.6) is 0 Å². The van der Waals surface area contributed by atoms with Gasteiger partial charge >= 0.3 is 59.3 Å². The van der Waals surface area contributed by atoms with Gasteiger partial charge in [0.25, 0.3) is 0 Å². The van der Waals surface area contributed by atoms with E-state index in [0.717, 1.165) is 0 Å². The summed E-state index contributed by atoms with van der Waals surface area (Å²) >= 11 is 0. The summed E-state index contributed by atoms with van der Waals surface area (Å²) < 4.78 is 237. The van der Waals surface area contributed by atoms with Gasteiger partial charge in [0.2, 0.25) is 0 Å². The van der Waals surface area contributed by atoms with Crippen LogP contribution < -0.4 is 0 Å². The van der Waals surface area contributed by atoms with Gasteiger partial charge in [0.05, 0.1) is 0 Å². The number of alkyl halides is 17. The van der Waals surface area contributed by atoms with Gasteiger partial charge in [-0.25, -0.2) is 8.78 Å². The molecule has 0 spiro atoms. The minimum Gasteiger partial charge on any atom is -0.225 e. The zero-order chi connectivity index (χ0) is 23.7. The first kappa shape index (κ1) is 23.7. The molecule has 1 fully saturated rings. The molecule has 2 rings (SSSR count). The van der Waals surface area contributed by atoms with Crippen LogP contribution in [-0.2, 0) is 0 Å².